The van der Waals surface area contributed by atoms with Gasteiger partial charge in [0, 0.05) is 24.8 Å². The molecule has 0 fully saturated rings. The lowest BCUT2D eigenvalue weighted by atomic mass is 10.2. The van der Waals surface area contributed by atoms with Crippen molar-refractivity contribution in [1.82, 2.24) is 14.7 Å². The number of nitrogens with zero attached hydrogens (tertiary/aromatic N) is 3. The Morgan fingerprint density at radius 3 is 2.55 bits per heavy atom. The summed E-state index contributed by atoms with van der Waals surface area (Å²) in [5.74, 6) is -1.19. The van der Waals surface area contributed by atoms with E-state index in [1.54, 1.807) is 32.4 Å². The van der Waals surface area contributed by atoms with Crippen LogP contribution in [-0.2, 0) is 0 Å². The molecule has 104 valence electrons. The van der Waals surface area contributed by atoms with E-state index in [2.05, 4.69) is 21.0 Å². The molecule has 0 bridgehead atoms. The maximum absolute atomic E-state index is 11.8. The number of aromatic carboxylic acids is 1. The van der Waals surface area contributed by atoms with Gasteiger partial charge in [0.1, 0.15) is 0 Å². The summed E-state index contributed by atoms with van der Waals surface area (Å²) in [6.45, 7) is 0. The van der Waals surface area contributed by atoms with Crippen LogP contribution in [0.2, 0.25) is 0 Å². The molecule has 20 heavy (non-hydrogen) atoms. The largest absolute Gasteiger partial charge is 0.478 e. The average Bonchev–Trinajstić information content (AvgIpc) is 2.86. The maximum atomic E-state index is 11.8. The highest BCUT2D eigenvalue weighted by Crippen LogP contribution is 2.22. The van der Waals surface area contributed by atoms with Crippen LogP contribution in [0.1, 0.15) is 20.8 Å². The second-order valence-electron chi connectivity index (χ2n) is 4.32. The van der Waals surface area contributed by atoms with Crippen LogP contribution in [0, 0.1) is 0 Å². The molecule has 0 aliphatic rings. The highest BCUT2D eigenvalue weighted by Gasteiger charge is 2.14. The molecule has 0 spiro atoms. The summed E-state index contributed by atoms with van der Waals surface area (Å²) in [5, 5.41) is 13.1. The van der Waals surface area contributed by atoms with Crippen LogP contribution in [0.5, 0.6) is 0 Å². The maximum Gasteiger partial charge on any atom is 0.335 e. The molecule has 1 amide bonds. The number of aromatic nitrogens is 2. The van der Waals surface area contributed by atoms with Gasteiger partial charge < -0.3 is 10.0 Å². The number of carbonyl (C=O) groups excluding carboxylic acids is 1. The van der Waals surface area contributed by atoms with E-state index in [-0.39, 0.29) is 11.5 Å². The molecular formula is C13H12BrN3O3. The Kier molecular flexibility index (Phi) is 3.89. The number of hydrogen-bond acceptors (Lipinski definition) is 3. The molecule has 1 aromatic carbocycles. The summed E-state index contributed by atoms with van der Waals surface area (Å²) in [6.07, 6.45) is 1.65. The Hall–Kier alpha value is -2.15. The van der Waals surface area contributed by atoms with Crippen molar-refractivity contribution in [3.05, 3.63) is 46.2 Å². The molecule has 0 saturated heterocycles. The fourth-order valence-corrected chi connectivity index (χ4v) is 2.19. The first kappa shape index (κ1) is 14.3. The van der Waals surface area contributed by atoms with Crippen molar-refractivity contribution in [2.24, 2.45) is 0 Å². The van der Waals surface area contributed by atoms with Gasteiger partial charge in [0.05, 0.1) is 11.3 Å². The number of carbonyl (C=O) groups is 2. The lowest BCUT2D eigenvalue weighted by Crippen LogP contribution is -2.22. The van der Waals surface area contributed by atoms with Gasteiger partial charge in [-0.3, -0.25) is 4.79 Å². The summed E-state index contributed by atoms with van der Waals surface area (Å²) < 4.78 is 2.11. The second kappa shape index (κ2) is 5.46. The minimum Gasteiger partial charge on any atom is -0.478 e. The molecule has 0 saturated carbocycles. The summed E-state index contributed by atoms with van der Waals surface area (Å²) in [5.41, 5.74) is 1.16. The van der Waals surface area contributed by atoms with E-state index in [0.717, 1.165) is 0 Å². The van der Waals surface area contributed by atoms with Gasteiger partial charge in [0.2, 0.25) is 0 Å². The second-order valence-corrected chi connectivity index (χ2v) is 5.17. The molecule has 0 unspecified atom stereocenters. The van der Waals surface area contributed by atoms with Crippen molar-refractivity contribution in [2.75, 3.05) is 14.1 Å². The van der Waals surface area contributed by atoms with Crippen molar-refractivity contribution in [2.45, 2.75) is 0 Å². The van der Waals surface area contributed by atoms with Crippen LogP contribution in [0.15, 0.2) is 34.9 Å². The van der Waals surface area contributed by atoms with Gasteiger partial charge in [0.25, 0.3) is 5.91 Å². The molecular weight excluding hydrogens is 326 g/mol. The lowest BCUT2D eigenvalue weighted by molar-refractivity contribution is 0.0696. The number of hydrogen-bond donors (Lipinski definition) is 1. The molecule has 7 heteroatoms. The van der Waals surface area contributed by atoms with E-state index in [9.17, 15) is 9.59 Å². The van der Waals surface area contributed by atoms with Gasteiger partial charge in [-0.2, -0.15) is 5.10 Å². The van der Waals surface area contributed by atoms with Crippen LogP contribution < -0.4 is 0 Å². The number of amides is 1. The number of rotatable bonds is 3. The third kappa shape index (κ3) is 2.72. The molecule has 0 atom stereocenters. The third-order valence-electron chi connectivity index (χ3n) is 2.66. The van der Waals surface area contributed by atoms with E-state index in [0.29, 0.717) is 15.9 Å². The Labute approximate surface area is 123 Å². The molecule has 0 aliphatic heterocycles. The van der Waals surface area contributed by atoms with Crippen LogP contribution in [0.3, 0.4) is 0 Å². The molecule has 1 aromatic heterocycles. The predicted octanol–water partition coefficient (Wildman–Crippen LogP) is 2.03. The zero-order valence-corrected chi connectivity index (χ0v) is 12.5. The van der Waals surface area contributed by atoms with Gasteiger partial charge in [-0.1, -0.05) is 0 Å². The first-order valence-electron chi connectivity index (χ1n) is 5.70. The van der Waals surface area contributed by atoms with Gasteiger partial charge in [-0.15, -0.1) is 0 Å². The van der Waals surface area contributed by atoms with E-state index in [1.807, 2.05) is 0 Å². The van der Waals surface area contributed by atoms with Gasteiger partial charge in [-0.05, 0) is 40.2 Å². The van der Waals surface area contributed by atoms with Gasteiger partial charge >= 0.3 is 5.97 Å². The van der Waals surface area contributed by atoms with Crippen LogP contribution in [0.4, 0.5) is 0 Å². The molecule has 1 heterocycles. The highest BCUT2D eigenvalue weighted by molar-refractivity contribution is 9.10. The fourth-order valence-electron chi connectivity index (χ4n) is 1.63. The zero-order valence-electron chi connectivity index (χ0n) is 10.9. The van der Waals surface area contributed by atoms with Crippen molar-refractivity contribution < 1.29 is 14.7 Å². The van der Waals surface area contributed by atoms with Crippen molar-refractivity contribution >= 4 is 27.8 Å². The summed E-state index contributed by atoms with van der Waals surface area (Å²) >= 11 is 3.31. The summed E-state index contributed by atoms with van der Waals surface area (Å²) in [6, 6.07) is 6.22. The predicted molar refractivity (Wildman–Crippen MR) is 76.2 cm³/mol. The molecule has 0 radical (unpaired) electrons. The first-order chi connectivity index (χ1) is 9.40. The molecule has 0 aliphatic carbocycles. The normalized spacial score (nSPS) is 10.3. The molecule has 6 nitrogen and oxygen atoms in total. The average molecular weight is 338 g/mol. The van der Waals surface area contributed by atoms with Crippen molar-refractivity contribution in [3.8, 4) is 5.69 Å². The number of halogens is 1. The summed E-state index contributed by atoms with van der Waals surface area (Å²) in [7, 11) is 3.30. The number of carboxylic acid groups (broad SMARTS) is 1. The lowest BCUT2D eigenvalue weighted by Gasteiger charge is -2.08. The van der Waals surface area contributed by atoms with Crippen LogP contribution in [0.25, 0.3) is 5.69 Å². The Balaban J connectivity index is 2.38. The topological polar surface area (TPSA) is 75.4 Å². The smallest absolute Gasteiger partial charge is 0.335 e. The highest BCUT2D eigenvalue weighted by atomic mass is 79.9. The Morgan fingerprint density at radius 1 is 1.30 bits per heavy atom. The minimum atomic E-state index is -0.999. The third-order valence-corrected chi connectivity index (χ3v) is 3.29. The first-order valence-corrected chi connectivity index (χ1v) is 6.50. The number of benzene rings is 1. The van der Waals surface area contributed by atoms with E-state index in [1.165, 1.54) is 21.7 Å². The monoisotopic (exact) mass is 337 g/mol. The van der Waals surface area contributed by atoms with Gasteiger partial charge in [0.15, 0.2) is 5.69 Å². The van der Waals surface area contributed by atoms with Gasteiger partial charge in [-0.25, -0.2) is 9.48 Å². The molecule has 2 rings (SSSR count). The number of carboxylic acids is 1. The minimum absolute atomic E-state index is 0.178. The van der Waals surface area contributed by atoms with E-state index in [4.69, 9.17) is 5.11 Å². The standard InChI is InChI=1S/C13H12BrN3O3/c1-16(2)12(18)10-5-6-17(15-10)11-4-3-8(13(19)20)7-9(11)14/h3-7H,1-2H3,(H,19,20). The summed E-state index contributed by atoms with van der Waals surface area (Å²) in [4.78, 5) is 24.1. The van der Waals surface area contributed by atoms with E-state index < -0.39 is 5.97 Å². The Morgan fingerprint density at radius 2 is 2.00 bits per heavy atom. The molecule has 1 N–H and O–H groups in total. The van der Waals surface area contributed by atoms with Crippen LogP contribution >= 0.6 is 15.9 Å². The van der Waals surface area contributed by atoms with E-state index >= 15 is 0 Å². The molecule has 2 aromatic rings. The Bertz CT molecular complexity index is 679. The van der Waals surface area contributed by atoms with Crippen molar-refractivity contribution in [3.63, 3.8) is 0 Å². The quantitative estimate of drug-likeness (QED) is 0.929. The fraction of sp³-hybridized carbons (Fsp3) is 0.154. The van der Waals surface area contributed by atoms with Crippen LogP contribution in [-0.4, -0.2) is 45.8 Å². The SMILES string of the molecule is CN(C)C(=O)c1ccn(-c2ccc(C(=O)O)cc2Br)n1. The zero-order chi connectivity index (χ0) is 14.9. The van der Waals surface area contributed by atoms with Crippen molar-refractivity contribution in [1.29, 1.82) is 0 Å².